The first-order valence-electron chi connectivity index (χ1n) is 7.96. The van der Waals surface area contributed by atoms with Gasteiger partial charge in [-0.05, 0) is 36.6 Å². The molecule has 6 heteroatoms. The first-order chi connectivity index (χ1) is 11.1. The van der Waals surface area contributed by atoms with Crippen LogP contribution in [0.3, 0.4) is 0 Å². The Kier molecular flexibility index (Phi) is 5.20. The Hall–Kier alpha value is -1.66. The van der Waals surface area contributed by atoms with Crippen molar-refractivity contribution in [3.05, 3.63) is 27.8 Å². The van der Waals surface area contributed by atoms with Crippen molar-refractivity contribution in [2.45, 2.75) is 58.9 Å². The third-order valence-corrected chi connectivity index (χ3v) is 4.86. The molecule has 1 aromatic rings. The van der Waals surface area contributed by atoms with Gasteiger partial charge in [-0.3, -0.25) is 0 Å². The summed E-state index contributed by atoms with van der Waals surface area (Å²) in [6, 6.07) is 0. The van der Waals surface area contributed by atoms with Crippen LogP contribution < -0.4 is 4.74 Å². The van der Waals surface area contributed by atoms with E-state index in [1.54, 1.807) is 7.11 Å². The van der Waals surface area contributed by atoms with Crippen molar-refractivity contribution in [3.63, 3.8) is 0 Å². The minimum Gasteiger partial charge on any atom is -0.496 e. The highest BCUT2D eigenvalue weighted by molar-refractivity contribution is 6.48. The SMILES string of the molecule is COc1c(C)c2c(c(C(C)(C)C)c1C(C=O)O[Si](C)C)C(=O)OC2. The van der Waals surface area contributed by atoms with Crippen molar-refractivity contribution in [1.29, 1.82) is 0 Å². The van der Waals surface area contributed by atoms with Crippen molar-refractivity contribution in [3.8, 4) is 5.75 Å². The largest absolute Gasteiger partial charge is 0.496 e. The zero-order chi connectivity index (χ0) is 18.2. The van der Waals surface area contributed by atoms with Gasteiger partial charge < -0.3 is 18.7 Å². The molecule has 1 heterocycles. The molecule has 1 radical (unpaired) electrons. The Morgan fingerprint density at radius 3 is 2.38 bits per heavy atom. The van der Waals surface area contributed by atoms with Gasteiger partial charge in [0, 0.05) is 11.1 Å². The van der Waals surface area contributed by atoms with Gasteiger partial charge in [0.15, 0.2) is 6.29 Å². The topological polar surface area (TPSA) is 61.8 Å². The van der Waals surface area contributed by atoms with Crippen LogP contribution in [0.1, 0.15) is 59.5 Å². The zero-order valence-corrected chi connectivity index (χ0v) is 16.4. The Balaban J connectivity index is 2.90. The van der Waals surface area contributed by atoms with Gasteiger partial charge in [-0.25, -0.2) is 4.79 Å². The van der Waals surface area contributed by atoms with E-state index in [1.807, 2.05) is 40.8 Å². The van der Waals surface area contributed by atoms with Gasteiger partial charge in [0.05, 0.1) is 12.7 Å². The van der Waals surface area contributed by atoms with E-state index in [0.717, 1.165) is 23.0 Å². The molecule has 131 valence electrons. The molecule has 0 aliphatic carbocycles. The summed E-state index contributed by atoms with van der Waals surface area (Å²) in [5.74, 6) is 0.266. The van der Waals surface area contributed by atoms with Crippen LogP contribution in [0.2, 0.25) is 13.1 Å². The lowest BCUT2D eigenvalue weighted by atomic mass is 9.76. The molecule has 0 amide bonds. The lowest BCUT2D eigenvalue weighted by Gasteiger charge is -2.30. The number of methoxy groups -OCH3 is 1. The summed E-state index contributed by atoms with van der Waals surface area (Å²) in [6.45, 7) is 12.1. The van der Waals surface area contributed by atoms with Gasteiger partial charge in [0.25, 0.3) is 0 Å². The zero-order valence-electron chi connectivity index (χ0n) is 15.4. The highest BCUT2D eigenvalue weighted by atomic mass is 28.3. The molecule has 0 bridgehead atoms. The fourth-order valence-corrected chi connectivity index (χ4v) is 3.94. The lowest BCUT2D eigenvalue weighted by Crippen LogP contribution is -2.25. The first-order valence-corrected chi connectivity index (χ1v) is 10.4. The summed E-state index contributed by atoms with van der Waals surface area (Å²) < 4.78 is 16.8. The molecular formula is C18H25O5Si. The summed E-state index contributed by atoms with van der Waals surface area (Å²) in [7, 11) is 0.456. The summed E-state index contributed by atoms with van der Waals surface area (Å²) in [4.78, 5) is 24.2. The number of ether oxygens (including phenoxy) is 2. The van der Waals surface area contributed by atoms with Gasteiger partial charge in [0.2, 0.25) is 9.04 Å². The molecule has 0 aromatic heterocycles. The van der Waals surface area contributed by atoms with Crippen molar-refractivity contribution < 1.29 is 23.5 Å². The minimum atomic E-state index is -1.12. The third kappa shape index (κ3) is 3.12. The van der Waals surface area contributed by atoms with E-state index in [9.17, 15) is 9.59 Å². The number of hydrogen-bond acceptors (Lipinski definition) is 5. The normalized spacial score (nSPS) is 15.2. The molecule has 5 nitrogen and oxygen atoms in total. The predicted molar refractivity (Wildman–Crippen MR) is 92.9 cm³/mol. The average molecular weight is 349 g/mol. The Morgan fingerprint density at radius 2 is 1.92 bits per heavy atom. The van der Waals surface area contributed by atoms with E-state index in [1.165, 1.54) is 0 Å². The molecule has 1 unspecified atom stereocenters. The predicted octanol–water partition coefficient (Wildman–Crippen LogP) is 3.48. The van der Waals surface area contributed by atoms with Crippen LogP contribution in [0.5, 0.6) is 5.75 Å². The Morgan fingerprint density at radius 1 is 1.29 bits per heavy atom. The number of hydrogen-bond donors (Lipinski definition) is 0. The van der Waals surface area contributed by atoms with E-state index in [-0.39, 0.29) is 18.0 Å². The molecule has 0 saturated carbocycles. The highest BCUT2D eigenvalue weighted by Gasteiger charge is 2.39. The van der Waals surface area contributed by atoms with Crippen LogP contribution in [-0.4, -0.2) is 28.4 Å². The maximum atomic E-state index is 12.4. The maximum absolute atomic E-state index is 12.4. The quantitative estimate of drug-likeness (QED) is 0.463. The Bertz CT molecular complexity index is 673. The lowest BCUT2D eigenvalue weighted by molar-refractivity contribution is -0.114. The van der Waals surface area contributed by atoms with Gasteiger partial charge in [0.1, 0.15) is 18.5 Å². The number of esters is 1. The second-order valence-electron chi connectivity index (χ2n) is 7.21. The van der Waals surface area contributed by atoms with E-state index >= 15 is 0 Å². The molecule has 1 aliphatic heterocycles. The average Bonchev–Trinajstić information content (AvgIpc) is 2.85. The third-order valence-electron chi connectivity index (χ3n) is 4.14. The summed E-state index contributed by atoms with van der Waals surface area (Å²) in [5, 5.41) is 0. The van der Waals surface area contributed by atoms with Crippen LogP contribution in [0.15, 0.2) is 0 Å². The van der Waals surface area contributed by atoms with E-state index in [0.29, 0.717) is 16.9 Å². The fourth-order valence-electron chi connectivity index (χ4n) is 3.26. The van der Waals surface area contributed by atoms with Crippen LogP contribution in [0.25, 0.3) is 0 Å². The second-order valence-corrected chi connectivity index (χ2v) is 9.26. The summed E-state index contributed by atoms with van der Waals surface area (Å²) in [5.41, 5.74) is 3.30. The molecule has 24 heavy (non-hydrogen) atoms. The molecule has 2 rings (SSSR count). The molecule has 1 aromatic carbocycles. The van der Waals surface area contributed by atoms with Gasteiger partial charge in [-0.15, -0.1) is 0 Å². The monoisotopic (exact) mass is 349 g/mol. The van der Waals surface area contributed by atoms with Crippen molar-refractivity contribution in [2.24, 2.45) is 0 Å². The molecule has 0 N–H and O–H groups in total. The fraction of sp³-hybridized carbons (Fsp3) is 0.556. The van der Waals surface area contributed by atoms with Crippen molar-refractivity contribution in [1.82, 2.24) is 0 Å². The number of aldehydes is 1. The van der Waals surface area contributed by atoms with Crippen LogP contribution in [-0.2, 0) is 26.0 Å². The molecule has 1 aliphatic rings. The number of carbonyl (C=O) groups is 2. The van der Waals surface area contributed by atoms with Gasteiger partial charge in [-0.1, -0.05) is 20.8 Å². The molecule has 0 saturated heterocycles. The van der Waals surface area contributed by atoms with Gasteiger partial charge in [-0.2, -0.15) is 0 Å². The molecule has 0 spiro atoms. The number of carbonyl (C=O) groups excluding carboxylic acids is 2. The highest BCUT2D eigenvalue weighted by Crippen LogP contribution is 2.45. The number of benzene rings is 1. The number of fused-ring (bicyclic) bond motifs is 1. The molecule has 1 atom stereocenters. The van der Waals surface area contributed by atoms with Crippen molar-refractivity contribution in [2.75, 3.05) is 7.11 Å². The number of cyclic esters (lactones) is 1. The smallest absolute Gasteiger partial charge is 0.339 e. The summed E-state index contributed by atoms with van der Waals surface area (Å²) in [6.07, 6.45) is 0.0344. The van der Waals surface area contributed by atoms with Crippen LogP contribution in [0, 0.1) is 6.92 Å². The molecule has 0 fully saturated rings. The standard InChI is InChI=1S/C18H25O5Si/c1-10-11-9-22-17(20)13(11)15(18(2,3)4)14(16(10)21-5)12(8-19)23-24(6)7/h8,12H,9H2,1-7H3. The van der Waals surface area contributed by atoms with E-state index < -0.39 is 15.1 Å². The summed E-state index contributed by atoms with van der Waals surface area (Å²) >= 11 is 0. The van der Waals surface area contributed by atoms with Crippen molar-refractivity contribution >= 4 is 21.3 Å². The Labute approximate surface area is 145 Å². The van der Waals surface area contributed by atoms with E-state index in [4.69, 9.17) is 13.9 Å². The second kappa shape index (κ2) is 6.68. The first kappa shape index (κ1) is 18.7. The van der Waals surface area contributed by atoms with Gasteiger partial charge >= 0.3 is 5.97 Å². The van der Waals surface area contributed by atoms with Crippen LogP contribution in [0.4, 0.5) is 0 Å². The van der Waals surface area contributed by atoms with Crippen LogP contribution >= 0.6 is 0 Å². The minimum absolute atomic E-state index is 0.239. The maximum Gasteiger partial charge on any atom is 0.339 e. The van der Waals surface area contributed by atoms with E-state index in [2.05, 4.69) is 0 Å². The molecular weight excluding hydrogens is 324 g/mol. The number of rotatable bonds is 5.